The van der Waals surface area contributed by atoms with Crippen molar-refractivity contribution in [3.63, 3.8) is 0 Å². The molecule has 0 aliphatic carbocycles. The van der Waals surface area contributed by atoms with E-state index < -0.39 is 30.7 Å². The first kappa shape index (κ1) is 66.2. The summed E-state index contributed by atoms with van der Waals surface area (Å²) in [7, 11) is -14.1. The fourth-order valence-corrected chi connectivity index (χ4v) is 0. The van der Waals surface area contributed by atoms with Crippen molar-refractivity contribution in [2.24, 2.45) is 0 Å². The fourth-order valence-electron chi connectivity index (χ4n) is 0. The maximum Gasteiger partial charge on any atom is 0.0777 e. The molecule has 3 radical (unpaired) electrons. The van der Waals surface area contributed by atoms with Crippen molar-refractivity contribution in [1.82, 2.24) is 0 Å². The van der Waals surface area contributed by atoms with Gasteiger partial charge in [-0.1, -0.05) is 0 Å². The zero-order valence-corrected chi connectivity index (χ0v) is 14.4. The molecule has 0 fully saturated rings. The molecule has 15 N–H and O–H groups in total. The molecular formula is H15Cl3GaO18. The number of hydrogen-bond acceptors (Lipinski definition) is 12. The maximum absolute atomic E-state index is 8.60. The van der Waals surface area contributed by atoms with E-state index in [4.69, 9.17) is 55.9 Å². The monoisotopic (exact) mass is 477 g/mol. The molecule has 0 amide bonds. The molecule has 0 aliphatic rings. The summed E-state index contributed by atoms with van der Waals surface area (Å²) in [6, 6.07) is 0. The van der Waals surface area contributed by atoms with Gasteiger partial charge in [-0.25, -0.2) is 0 Å². The average molecular weight is 479 g/mol. The van der Waals surface area contributed by atoms with Gasteiger partial charge in [0.2, 0.25) is 0 Å². The zero-order valence-electron chi connectivity index (χ0n) is 9.73. The quantitative estimate of drug-likeness (QED) is 0.272. The van der Waals surface area contributed by atoms with E-state index in [0.29, 0.717) is 0 Å². The second kappa shape index (κ2) is 26.7. The third-order valence-corrected chi connectivity index (χ3v) is 0. The summed E-state index contributed by atoms with van der Waals surface area (Å²) in [4.78, 5) is 0. The average Bonchev–Trinajstić information content (AvgIpc) is 1.41. The maximum atomic E-state index is 8.60. The van der Waals surface area contributed by atoms with Crippen molar-refractivity contribution in [3.8, 4) is 0 Å². The fraction of sp³-hybridized carbons (Fsp3) is 0. The minimum absolute atomic E-state index is 0. The normalized spacial score (nSPS) is 8.18. The van der Waals surface area contributed by atoms with Gasteiger partial charge in [0, 0.05) is 19.8 Å². The Kier molecular flexibility index (Phi) is 80.2. The van der Waals surface area contributed by atoms with Crippen molar-refractivity contribution in [2.45, 2.75) is 0 Å². The molecule has 0 heterocycles. The van der Waals surface area contributed by atoms with E-state index in [1.54, 1.807) is 0 Å². The molecule has 18 nitrogen and oxygen atoms in total. The Bertz CT molecular complexity index is 93.4. The summed E-state index contributed by atoms with van der Waals surface area (Å²) in [6.07, 6.45) is 0. The van der Waals surface area contributed by atoms with Crippen LogP contribution in [0, 0.1) is 30.7 Å². The summed E-state index contributed by atoms with van der Waals surface area (Å²) < 4.78 is 98.2. The molecule has 0 aromatic heterocycles. The van der Waals surface area contributed by atoms with Crippen LogP contribution in [0.2, 0.25) is 0 Å². The summed E-state index contributed by atoms with van der Waals surface area (Å²) >= 11 is 0. The van der Waals surface area contributed by atoms with E-state index >= 15 is 0 Å². The van der Waals surface area contributed by atoms with Crippen molar-refractivity contribution in [3.05, 3.63) is 0 Å². The van der Waals surface area contributed by atoms with Crippen molar-refractivity contribution >= 4 is 19.8 Å². The molecule has 0 spiro atoms. The largest absolute Gasteiger partial charge is 0.412 e. The Hall–Kier alpha value is 0.786. The van der Waals surface area contributed by atoms with Crippen LogP contribution in [0.1, 0.15) is 0 Å². The first-order chi connectivity index (χ1) is 6.00. The number of hydrogen-bond donors (Lipinski definition) is 3. The SMILES string of the molecule is O.O.O.O.O.O.[Ga].[O-][Cl+3]([O-])([O-])O.[O-][Cl+3]([O-])([O-])O.[O-][Cl+3]([O-])([O-])O. The Morgan fingerprint density at radius 1 is 0.364 bits per heavy atom. The summed E-state index contributed by atoms with van der Waals surface area (Å²) in [5.74, 6) is 0. The van der Waals surface area contributed by atoms with Gasteiger partial charge in [-0.15, -0.1) is 0 Å². The Labute approximate surface area is 139 Å². The predicted molar refractivity (Wildman–Crippen MR) is 34.1 cm³/mol. The third-order valence-electron chi connectivity index (χ3n) is 0. The van der Waals surface area contributed by atoms with Crippen molar-refractivity contribution in [1.29, 1.82) is 0 Å². The minimum Gasteiger partial charge on any atom is -0.412 e. The summed E-state index contributed by atoms with van der Waals surface area (Å²) in [5, 5.41) is 0. The Morgan fingerprint density at radius 3 is 0.364 bits per heavy atom. The Balaban J connectivity index is -0.0000000106. The van der Waals surface area contributed by atoms with Crippen LogP contribution < -0.4 is 41.9 Å². The first-order valence-corrected chi connectivity index (χ1v) is 5.69. The second-order valence-electron chi connectivity index (χ2n) is 1.19. The molecule has 0 saturated carbocycles. The van der Waals surface area contributed by atoms with Crippen molar-refractivity contribution in [2.75, 3.05) is 0 Å². The minimum atomic E-state index is -4.69. The smallest absolute Gasteiger partial charge is 0.0777 e. The van der Waals surface area contributed by atoms with E-state index in [9.17, 15) is 0 Å². The third kappa shape index (κ3) is 13200. The standard InChI is InChI=1S/3ClHO4.Ga.6H2O/c3*2-1(3,4)5;;;;;;;/h3*(H,2,3,4,5);;6*1H2. The van der Waals surface area contributed by atoms with Crippen LogP contribution in [0.4, 0.5) is 0 Å². The molecule has 22 heteroatoms. The van der Waals surface area contributed by atoms with Crippen LogP contribution in [0.3, 0.4) is 0 Å². The molecule has 0 atom stereocenters. The van der Waals surface area contributed by atoms with Crippen LogP contribution in [-0.4, -0.2) is 66.6 Å². The Morgan fingerprint density at radius 2 is 0.364 bits per heavy atom. The van der Waals surface area contributed by atoms with E-state index in [2.05, 4.69) is 0 Å². The molecule has 147 valence electrons. The van der Waals surface area contributed by atoms with Gasteiger partial charge in [0.25, 0.3) is 0 Å². The van der Waals surface area contributed by atoms with Crippen LogP contribution in [0.15, 0.2) is 0 Å². The van der Waals surface area contributed by atoms with Gasteiger partial charge >= 0.3 is 0 Å². The molecule has 0 saturated heterocycles. The molecule has 0 aromatic rings. The second-order valence-corrected chi connectivity index (χ2v) is 3.56. The van der Waals surface area contributed by atoms with Crippen LogP contribution in [0.25, 0.3) is 0 Å². The predicted octanol–water partition coefficient (Wildman–Crippen LogP) is -17.7. The zero-order chi connectivity index (χ0) is 13.5. The van der Waals surface area contributed by atoms with Crippen LogP contribution in [0.5, 0.6) is 0 Å². The van der Waals surface area contributed by atoms with Gasteiger partial charge in [-0.05, 0) is 0 Å². The molecule has 0 unspecified atom stereocenters. The molecule has 22 heavy (non-hydrogen) atoms. The first-order valence-electron chi connectivity index (χ1n) is 1.90. The van der Waals surface area contributed by atoms with Gasteiger partial charge in [0.05, 0.1) is 44.7 Å². The van der Waals surface area contributed by atoms with Gasteiger partial charge < -0.3 is 32.9 Å². The van der Waals surface area contributed by atoms with E-state index in [0.717, 1.165) is 0 Å². The topological polar surface area (TPSA) is 457 Å². The molecule has 0 aromatic carbocycles. The van der Waals surface area contributed by atoms with Gasteiger partial charge in [-0.2, -0.15) is 41.9 Å². The van der Waals surface area contributed by atoms with Gasteiger partial charge in [0.15, 0.2) is 0 Å². The van der Waals surface area contributed by atoms with E-state index in [-0.39, 0.29) is 52.6 Å². The summed E-state index contributed by atoms with van der Waals surface area (Å²) in [5.41, 5.74) is 0. The van der Waals surface area contributed by atoms with Crippen molar-refractivity contribution < 1.29 is 119 Å². The number of rotatable bonds is 0. The van der Waals surface area contributed by atoms with E-state index in [1.165, 1.54) is 0 Å². The molecule has 0 rings (SSSR count). The summed E-state index contributed by atoms with van der Waals surface area (Å²) in [6.45, 7) is 0. The van der Waals surface area contributed by atoms with Gasteiger partial charge in [0.1, 0.15) is 0 Å². The van der Waals surface area contributed by atoms with Crippen LogP contribution in [-0.2, 0) is 0 Å². The molecule has 0 bridgehead atoms. The van der Waals surface area contributed by atoms with Gasteiger partial charge in [-0.3, -0.25) is 0 Å². The van der Waals surface area contributed by atoms with E-state index in [1.807, 2.05) is 0 Å². The number of halogens is 3. The van der Waals surface area contributed by atoms with Crippen LogP contribution >= 0.6 is 0 Å². The molecular weight excluding hydrogens is 464 g/mol. The molecule has 0 aliphatic heterocycles.